The van der Waals surface area contributed by atoms with Crippen molar-refractivity contribution in [2.45, 2.75) is 19.4 Å². The third-order valence-corrected chi connectivity index (χ3v) is 2.72. The minimum absolute atomic E-state index is 0.0935. The lowest BCUT2D eigenvalue weighted by Gasteiger charge is -2.39. The number of nitrogens with one attached hydrogen (secondary N) is 1. The van der Waals surface area contributed by atoms with Gasteiger partial charge in [0.05, 0.1) is 6.42 Å². The number of hydrogen-bond donors (Lipinski definition) is 2. The molecule has 0 spiro atoms. The molecule has 1 aliphatic rings. The zero-order valence-electron chi connectivity index (χ0n) is 10.6. The van der Waals surface area contributed by atoms with Crippen molar-refractivity contribution >= 4 is 12.0 Å². The number of hydrogen-bond acceptors (Lipinski definition) is 3. The summed E-state index contributed by atoms with van der Waals surface area (Å²) in [4.78, 5) is 25.8. The smallest absolute Gasteiger partial charge is 0.317 e. The first kappa shape index (κ1) is 13.8. The van der Waals surface area contributed by atoms with Crippen LogP contribution in [0.5, 0.6) is 0 Å². The molecule has 1 fully saturated rings. The molecule has 2 amide bonds. The number of likely N-dealkylation sites (N-methyl/N-ethyl adjacent to an activating group) is 1. The molecule has 0 aromatic rings. The van der Waals surface area contributed by atoms with Crippen LogP contribution in [-0.4, -0.2) is 66.7 Å². The van der Waals surface area contributed by atoms with Crippen LogP contribution >= 0.6 is 0 Å². The molecule has 6 nitrogen and oxygen atoms in total. The van der Waals surface area contributed by atoms with Gasteiger partial charge in [-0.05, 0) is 21.0 Å². The fourth-order valence-corrected chi connectivity index (χ4v) is 2.01. The molecule has 1 unspecified atom stereocenters. The van der Waals surface area contributed by atoms with Crippen LogP contribution in [0.4, 0.5) is 4.79 Å². The predicted octanol–water partition coefficient (Wildman–Crippen LogP) is 0.0526. The first-order chi connectivity index (χ1) is 7.88. The highest BCUT2D eigenvalue weighted by Crippen LogP contribution is 2.18. The normalized spacial score (nSPS) is 17.8. The molecule has 98 valence electrons. The van der Waals surface area contributed by atoms with Gasteiger partial charge in [-0.2, -0.15) is 0 Å². The van der Waals surface area contributed by atoms with E-state index in [-0.39, 0.29) is 24.4 Å². The third kappa shape index (κ3) is 4.60. The van der Waals surface area contributed by atoms with Crippen molar-refractivity contribution in [3.05, 3.63) is 0 Å². The summed E-state index contributed by atoms with van der Waals surface area (Å²) in [6.45, 7) is 3.84. The van der Waals surface area contributed by atoms with Crippen LogP contribution in [0.3, 0.4) is 0 Å². The highest BCUT2D eigenvalue weighted by Gasteiger charge is 2.32. The van der Waals surface area contributed by atoms with Crippen molar-refractivity contribution in [2.75, 3.05) is 33.7 Å². The number of likely N-dealkylation sites (tertiary alicyclic amines) is 1. The Bertz CT molecular complexity index is 288. The lowest BCUT2D eigenvalue weighted by Crippen LogP contribution is -2.56. The van der Waals surface area contributed by atoms with Gasteiger partial charge in [0.1, 0.15) is 0 Å². The van der Waals surface area contributed by atoms with Gasteiger partial charge in [0.25, 0.3) is 0 Å². The van der Waals surface area contributed by atoms with E-state index in [4.69, 9.17) is 5.11 Å². The molecule has 6 heteroatoms. The number of amides is 2. The van der Waals surface area contributed by atoms with Crippen LogP contribution in [0.2, 0.25) is 0 Å². The van der Waals surface area contributed by atoms with Crippen molar-refractivity contribution in [1.82, 2.24) is 15.1 Å². The monoisotopic (exact) mass is 243 g/mol. The van der Waals surface area contributed by atoms with Gasteiger partial charge in [-0.15, -0.1) is 0 Å². The van der Waals surface area contributed by atoms with Gasteiger partial charge in [-0.1, -0.05) is 0 Å². The Morgan fingerprint density at radius 2 is 2.06 bits per heavy atom. The van der Waals surface area contributed by atoms with Crippen LogP contribution in [0.1, 0.15) is 13.3 Å². The first-order valence-corrected chi connectivity index (χ1v) is 5.80. The molecule has 0 saturated carbocycles. The van der Waals surface area contributed by atoms with Gasteiger partial charge < -0.3 is 20.2 Å². The SMILES string of the molecule is CC(CN(C)C)NC(=O)N1CC(CC(=O)O)C1. The van der Waals surface area contributed by atoms with Crippen molar-refractivity contribution in [3.8, 4) is 0 Å². The van der Waals surface area contributed by atoms with E-state index in [1.165, 1.54) is 0 Å². The van der Waals surface area contributed by atoms with Gasteiger partial charge in [0, 0.05) is 31.6 Å². The fraction of sp³-hybridized carbons (Fsp3) is 0.818. The summed E-state index contributed by atoms with van der Waals surface area (Å²) in [6.07, 6.45) is 0.150. The van der Waals surface area contributed by atoms with E-state index in [0.29, 0.717) is 13.1 Å². The molecule has 0 bridgehead atoms. The minimum atomic E-state index is -0.795. The number of nitrogens with zero attached hydrogens (tertiary/aromatic N) is 2. The minimum Gasteiger partial charge on any atom is -0.481 e. The molecule has 1 rings (SSSR count). The summed E-state index contributed by atoms with van der Waals surface area (Å²) in [5.41, 5.74) is 0. The number of carboxylic acid groups (broad SMARTS) is 1. The second-order valence-electron chi connectivity index (χ2n) is 4.98. The number of aliphatic carboxylic acids is 1. The molecule has 2 N–H and O–H groups in total. The lowest BCUT2D eigenvalue weighted by atomic mass is 9.97. The Balaban J connectivity index is 2.21. The number of carbonyl (C=O) groups is 2. The Kier molecular flexibility index (Phi) is 4.74. The Morgan fingerprint density at radius 1 is 1.47 bits per heavy atom. The molecule has 0 aromatic carbocycles. The van der Waals surface area contributed by atoms with E-state index in [0.717, 1.165) is 6.54 Å². The second-order valence-corrected chi connectivity index (χ2v) is 4.98. The molecular weight excluding hydrogens is 222 g/mol. The van der Waals surface area contributed by atoms with Crippen molar-refractivity contribution in [2.24, 2.45) is 5.92 Å². The highest BCUT2D eigenvalue weighted by molar-refractivity contribution is 5.76. The Morgan fingerprint density at radius 3 is 2.53 bits per heavy atom. The first-order valence-electron chi connectivity index (χ1n) is 5.80. The molecule has 0 aromatic heterocycles. The molecule has 1 aliphatic heterocycles. The summed E-state index contributed by atoms with van der Waals surface area (Å²) in [7, 11) is 3.91. The summed E-state index contributed by atoms with van der Waals surface area (Å²) in [5, 5.41) is 11.5. The Labute approximate surface area is 102 Å². The van der Waals surface area contributed by atoms with Gasteiger partial charge in [-0.3, -0.25) is 4.79 Å². The van der Waals surface area contributed by atoms with Crippen LogP contribution in [0.25, 0.3) is 0 Å². The van der Waals surface area contributed by atoms with Gasteiger partial charge in [0.15, 0.2) is 0 Å². The van der Waals surface area contributed by atoms with Crippen LogP contribution < -0.4 is 5.32 Å². The maximum atomic E-state index is 11.7. The predicted molar refractivity (Wildman–Crippen MR) is 63.9 cm³/mol. The topological polar surface area (TPSA) is 72.9 Å². The maximum Gasteiger partial charge on any atom is 0.317 e. The molecule has 1 atom stereocenters. The van der Waals surface area contributed by atoms with E-state index in [9.17, 15) is 9.59 Å². The van der Waals surface area contributed by atoms with Crippen LogP contribution in [-0.2, 0) is 4.79 Å². The van der Waals surface area contributed by atoms with Crippen LogP contribution in [0.15, 0.2) is 0 Å². The highest BCUT2D eigenvalue weighted by atomic mass is 16.4. The molecule has 1 heterocycles. The lowest BCUT2D eigenvalue weighted by molar-refractivity contribution is -0.139. The van der Waals surface area contributed by atoms with E-state index >= 15 is 0 Å². The molecule has 0 aliphatic carbocycles. The second kappa shape index (κ2) is 5.86. The number of rotatable bonds is 5. The van der Waals surface area contributed by atoms with Crippen molar-refractivity contribution < 1.29 is 14.7 Å². The largest absolute Gasteiger partial charge is 0.481 e. The van der Waals surface area contributed by atoms with Gasteiger partial charge in [-0.25, -0.2) is 4.79 Å². The zero-order chi connectivity index (χ0) is 13.0. The summed E-state index contributed by atoms with van der Waals surface area (Å²) in [6, 6.07) is -0.00277. The zero-order valence-corrected chi connectivity index (χ0v) is 10.6. The third-order valence-electron chi connectivity index (χ3n) is 2.72. The number of urea groups is 1. The van der Waals surface area contributed by atoms with E-state index in [1.807, 2.05) is 25.9 Å². The molecular formula is C11H21N3O3. The number of carbonyl (C=O) groups excluding carboxylic acids is 1. The molecule has 17 heavy (non-hydrogen) atoms. The van der Waals surface area contributed by atoms with E-state index in [2.05, 4.69) is 5.32 Å². The average molecular weight is 243 g/mol. The molecule has 1 saturated heterocycles. The molecule has 0 radical (unpaired) electrons. The quantitative estimate of drug-likeness (QED) is 0.716. The van der Waals surface area contributed by atoms with E-state index < -0.39 is 5.97 Å². The number of carboxylic acids is 1. The van der Waals surface area contributed by atoms with Crippen molar-refractivity contribution in [1.29, 1.82) is 0 Å². The average Bonchev–Trinajstić information content (AvgIpc) is 2.07. The van der Waals surface area contributed by atoms with Crippen LogP contribution in [0, 0.1) is 5.92 Å². The summed E-state index contributed by atoms with van der Waals surface area (Å²) in [5.74, 6) is -0.682. The maximum absolute atomic E-state index is 11.7. The van der Waals surface area contributed by atoms with E-state index in [1.54, 1.807) is 4.90 Å². The fourth-order valence-electron chi connectivity index (χ4n) is 2.01. The van der Waals surface area contributed by atoms with Gasteiger partial charge >= 0.3 is 12.0 Å². The van der Waals surface area contributed by atoms with Crippen molar-refractivity contribution in [3.63, 3.8) is 0 Å². The van der Waals surface area contributed by atoms with Gasteiger partial charge in [0.2, 0.25) is 0 Å². The summed E-state index contributed by atoms with van der Waals surface area (Å²) >= 11 is 0. The summed E-state index contributed by atoms with van der Waals surface area (Å²) < 4.78 is 0. The Hall–Kier alpha value is -1.30. The standard InChI is InChI=1S/C11H21N3O3/c1-8(5-13(2)3)12-11(17)14-6-9(7-14)4-10(15)16/h8-9H,4-7H2,1-3H3,(H,12,17)(H,15,16).